The van der Waals surface area contributed by atoms with Gasteiger partial charge in [-0.3, -0.25) is 9.36 Å². The molecule has 18 heavy (non-hydrogen) atoms. The highest BCUT2D eigenvalue weighted by molar-refractivity contribution is 6.31. The Morgan fingerprint density at radius 3 is 2.83 bits per heavy atom. The van der Waals surface area contributed by atoms with Gasteiger partial charge in [-0.2, -0.15) is 0 Å². The van der Waals surface area contributed by atoms with Crippen LogP contribution in [0.3, 0.4) is 0 Å². The normalized spacial score (nSPS) is 10.5. The van der Waals surface area contributed by atoms with Crippen LogP contribution < -0.4 is 11.1 Å². The minimum atomic E-state index is -1.54. The molecular weight excluding hydrogens is 240 g/mol. The van der Waals surface area contributed by atoms with Gasteiger partial charge in [0.2, 0.25) is 0 Å². The van der Waals surface area contributed by atoms with Crippen molar-refractivity contribution in [1.82, 2.24) is 9.88 Å². The lowest BCUT2D eigenvalue weighted by Crippen LogP contribution is -2.30. The summed E-state index contributed by atoms with van der Waals surface area (Å²) in [6, 6.07) is 4.90. The van der Waals surface area contributed by atoms with Crippen molar-refractivity contribution in [3.8, 4) is 0 Å². The molecule has 0 saturated carbocycles. The van der Waals surface area contributed by atoms with E-state index in [1.807, 2.05) is 0 Å². The van der Waals surface area contributed by atoms with E-state index in [1.165, 1.54) is 4.57 Å². The highest BCUT2D eigenvalue weighted by atomic mass is 16.4. The van der Waals surface area contributed by atoms with Crippen LogP contribution in [0.25, 0.3) is 11.1 Å². The Hall–Kier alpha value is -2.57. The monoisotopic (exact) mass is 250 g/mol. The van der Waals surface area contributed by atoms with Gasteiger partial charge >= 0.3 is 17.6 Å². The fraction of sp³-hybridized carbons (Fsp3) is 0.182. The number of hydrogen-bond acceptors (Lipinski definition) is 4. The highest BCUT2D eigenvalue weighted by Crippen LogP contribution is 2.13. The van der Waals surface area contributed by atoms with Crippen molar-refractivity contribution in [2.45, 2.75) is 6.54 Å². The lowest BCUT2D eigenvalue weighted by molar-refractivity contribution is -0.150. The average molecular weight is 250 g/mol. The van der Waals surface area contributed by atoms with Gasteiger partial charge in [-0.1, -0.05) is 6.07 Å². The van der Waals surface area contributed by atoms with Gasteiger partial charge in [-0.25, -0.2) is 9.59 Å². The minimum absolute atomic E-state index is 0.0699. The van der Waals surface area contributed by atoms with Crippen molar-refractivity contribution in [3.63, 3.8) is 0 Å². The smallest absolute Gasteiger partial charge is 0.419 e. The topological polar surface area (TPSA) is 102 Å². The quantitative estimate of drug-likeness (QED) is 0.720. The Kier molecular flexibility index (Phi) is 2.88. The second-order valence-electron chi connectivity index (χ2n) is 3.72. The standard InChI is InChI=1S/C11H10N2O5/c1-13-7-4-6(5-12-9(14)10(15)16)2-3-8(7)18-11(13)17/h2-4H,5H2,1H3,(H,12,14)(H,15,16). The molecule has 2 rings (SSSR count). The first-order valence-corrected chi connectivity index (χ1v) is 5.08. The number of rotatable bonds is 2. The van der Waals surface area contributed by atoms with E-state index in [4.69, 9.17) is 9.52 Å². The Balaban J connectivity index is 2.25. The summed E-state index contributed by atoms with van der Waals surface area (Å²) in [6.45, 7) is 0.0699. The molecule has 0 spiro atoms. The van der Waals surface area contributed by atoms with Crippen LogP contribution in [0.2, 0.25) is 0 Å². The number of amides is 1. The zero-order chi connectivity index (χ0) is 13.3. The van der Waals surface area contributed by atoms with E-state index in [1.54, 1.807) is 25.2 Å². The molecule has 0 atom stereocenters. The van der Waals surface area contributed by atoms with E-state index in [2.05, 4.69) is 5.32 Å². The first kappa shape index (κ1) is 11.9. The maximum Gasteiger partial charge on any atom is 0.419 e. The maximum atomic E-state index is 11.3. The second kappa shape index (κ2) is 4.36. The van der Waals surface area contributed by atoms with Gasteiger partial charge in [0.1, 0.15) is 0 Å². The number of hydrogen-bond donors (Lipinski definition) is 2. The average Bonchev–Trinajstić information content (AvgIpc) is 2.62. The number of fused-ring (bicyclic) bond motifs is 1. The molecule has 0 aliphatic rings. The van der Waals surface area contributed by atoms with Crippen LogP contribution in [0.4, 0.5) is 0 Å². The van der Waals surface area contributed by atoms with E-state index < -0.39 is 17.6 Å². The van der Waals surface area contributed by atoms with Crippen LogP contribution in [0.5, 0.6) is 0 Å². The number of carboxylic acids is 1. The van der Waals surface area contributed by atoms with Crippen molar-refractivity contribution in [2.24, 2.45) is 7.05 Å². The van der Waals surface area contributed by atoms with Gasteiger partial charge < -0.3 is 14.8 Å². The van der Waals surface area contributed by atoms with E-state index in [-0.39, 0.29) is 6.54 Å². The summed E-state index contributed by atoms with van der Waals surface area (Å²) < 4.78 is 6.27. The van der Waals surface area contributed by atoms with Crippen molar-refractivity contribution < 1.29 is 19.1 Å². The molecule has 1 amide bonds. The highest BCUT2D eigenvalue weighted by Gasteiger charge is 2.11. The summed E-state index contributed by atoms with van der Waals surface area (Å²) in [4.78, 5) is 32.4. The molecule has 7 heteroatoms. The predicted octanol–water partition coefficient (Wildman–Crippen LogP) is -0.168. The number of aryl methyl sites for hydroxylation is 1. The van der Waals surface area contributed by atoms with Crippen LogP contribution in [-0.2, 0) is 23.2 Å². The van der Waals surface area contributed by atoms with Gasteiger partial charge in [0, 0.05) is 13.6 Å². The molecule has 2 N–H and O–H groups in total. The zero-order valence-electron chi connectivity index (χ0n) is 9.47. The predicted molar refractivity (Wildman–Crippen MR) is 60.9 cm³/mol. The number of benzene rings is 1. The molecule has 0 unspecified atom stereocenters. The second-order valence-corrected chi connectivity index (χ2v) is 3.72. The summed E-state index contributed by atoms with van der Waals surface area (Å²) in [5.41, 5.74) is 1.70. The Labute approximate surface area is 101 Å². The van der Waals surface area contributed by atoms with Crippen LogP contribution in [-0.4, -0.2) is 21.6 Å². The van der Waals surface area contributed by atoms with Gasteiger partial charge in [0.25, 0.3) is 0 Å². The van der Waals surface area contributed by atoms with Gasteiger partial charge in [-0.05, 0) is 17.7 Å². The molecular formula is C11H10N2O5. The molecule has 0 bridgehead atoms. The van der Waals surface area contributed by atoms with Crippen molar-refractivity contribution in [1.29, 1.82) is 0 Å². The van der Waals surface area contributed by atoms with E-state index in [9.17, 15) is 14.4 Å². The van der Waals surface area contributed by atoms with Gasteiger partial charge in [-0.15, -0.1) is 0 Å². The number of oxazole rings is 1. The van der Waals surface area contributed by atoms with Gasteiger partial charge in [0.15, 0.2) is 5.58 Å². The first-order valence-electron chi connectivity index (χ1n) is 5.08. The Morgan fingerprint density at radius 1 is 1.44 bits per heavy atom. The Bertz CT molecular complexity index is 682. The number of nitrogens with one attached hydrogen (secondary N) is 1. The molecule has 0 fully saturated rings. The number of aromatic nitrogens is 1. The summed E-state index contributed by atoms with van der Waals surface area (Å²) in [6.07, 6.45) is 0. The lowest BCUT2D eigenvalue weighted by atomic mass is 10.2. The first-order chi connectivity index (χ1) is 8.49. The van der Waals surface area contributed by atoms with Crippen LogP contribution in [0.15, 0.2) is 27.4 Å². The summed E-state index contributed by atoms with van der Waals surface area (Å²) in [7, 11) is 1.56. The minimum Gasteiger partial charge on any atom is -0.474 e. The number of nitrogens with zero attached hydrogens (tertiary/aromatic N) is 1. The summed E-state index contributed by atoms with van der Waals surface area (Å²) in [5, 5.41) is 10.6. The summed E-state index contributed by atoms with van der Waals surface area (Å²) >= 11 is 0. The van der Waals surface area contributed by atoms with Crippen LogP contribution >= 0.6 is 0 Å². The van der Waals surface area contributed by atoms with Crippen molar-refractivity contribution >= 4 is 23.0 Å². The largest absolute Gasteiger partial charge is 0.474 e. The van der Waals surface area contributed by atoms with Gasteiger partial charge in [0.05, 0.1) is 5.52 Å². The third kappa shape index (κ3) is 2.10. The van der Waals surface area contributed by atoms with E-state index in [0.717, 1.165) is 0 Å². The summed E-state index contributed by atoms with van der Waals surface area (Å²) in [5.74, 6) is -3.08. The number of aliphatic carboxylic acids is 1. The van der Waals surface area contributed by atoms with E-state index in [0.29, 0.717) is 16.7 Å². The molecule has 0 radical (unpaired) electrons. The number of carboxylic acid groups (broad SMARTS) is 1. The molecule has 94 valence electrons. The third-order valence-corrected chi connectivity index (χ3v) is 2.50. The molecule has 1 aromatic heterocycles. The van der Waals surface area contributed by atoms with E-state index >= 15 is 0 Å². The SMILES string of the molecule is Cn1c(=O)oc2ccc(CNC(=O)C(=O)O)cc21. The number of carbonyl (C=O) groups is 2. The zero-order valence-corrected chi connectivity index (χ0v) is 9.47. The number of carbonyl (C=O) groups excluding carboxylic acids is 1. The molecule has 0 aliphatic heterocycles. The van der Waals surface area contributed by atoms with Crippen molar-refractivity contribution in [2.75, 3.05) is 0 Å². The van der Waals surface area contributed by atoms with Crippen molar-refractivity contribution in [3.05, 3.63) is 34.3 Å². The molecule has 0 aliphatic carbocycles. The molecule has 0 saturated heterocycles. The molecule has 2 aromatic rings. The lowest BCUT2D eigenvalue weighted by Gasteiger charge is -2.02. The molecule has 1 heterocycles. The molecule has 7 nitrogen and oxygen atoms in total. The van der Waals surface area contributed by atoms with Crippen LogP contribution in [0.1, 0.15) is 5.56 Å². The Morgan fingerprint density at radius 2 is 2.17 bits per heavy atom. The molecule has 1 aromatic carbocycles. The maximum absolute atomic E-state index is 11.3. The fourth-order valence-corrected chi connectivity index (χ4v) is 1.54. The third-order valence-electron chi connectivity index (χ3n) is 2.50. The fourth-order valence-electron chi connectivity index (χ4n) is 1.54. The van der Waals surface area contributed by atoms with Crippen LogP contribution in [0, 0.1) is 0 Å².